The number of nitrogens with zero attached hydrogens (tertiary/aromatic N) is 2. The number of carbonyl (C=O) groups is 2. The van der Waals surface area contributed by atoms with Crippen LogP contribution in [0.3, 0.4) is 0 Å². The first-order valence-electron chi connectivity index (χ1n) is 11.3. The number of rotatable bonds is 7. The fourth-order valence-corrected chi connectivity index (χ4v) is 5.22. The van der Waals surface area contributed by atoms with Gasteiger partial charge in [-0.1, -0.05) is 48.3 Å². The van der Waals surface area contributed by atoms with Gasteiger partial charge >= 0.3 is 5.97 Å². The maximum absolute atomic E-state index is 13.7. The second-order valence-electron chi connectivity index (χ2n) is 8.05. The Morgan fingerprint density at radius 1 is 1.22 bits per heavy atom. The number of carbonyl (C=O) groups excluding carboxylic acids is 2. The molecule has 1 atom stereocenters. The highest BCUT2D eigenvalue weighted by Gasteiger charge is 2.45. The fraction of sp³-hybridized carbons (Fsp3) is 0.185. The van der Waals surface area contributed by atoms with Gasteiger partial charge in [0.1, 0.15) is 22.8 Å². The van der Waals surface area contributed by atoms with Gasteiger partial charge < -0.3 is 13.9 Å². The summed E-state index contributed by atoms with van der Waals surface area (Å²) in [6.45, 7) is 7.58. The summed E-state index contributed by atoms with van der Waals surface area (Å²) in [7, 11) is 0. The highest BCUT2D eigenvalue weighted by Crippen LogP contribution is 2.43. The van der Waals surface area contributed by atoms with Crippen LogP contribution in [0.15, 0.2) is 70.4 Å². The molecule has 5 rings (SSSR count). The first kappa shape index (κ1) is 23.5. The van der Waals surface area contributed by atoms with Crippen LogP contribution in [0.1, 0.15) is 50.0 Å². The van der Waals surface area contributed by atoms with Crippen molar-refractivity contribution in [2.24, 2.45) is 0 Å². The largest absolute Gasteiger partial charge is 0.490 e. The number of anilines is 1. The number of fused-ring (bicyclic) bond motifs is 2. The second-order valence-corrected chi connectivity index (χ2v) is 9.03. The monoisotopic (exact) mass is 502 g/mol. The average molecular weight is 503 g/mol. The van der Waals surface area contributed by atoms with Gasteiger partial charge in [-0.05, 0) is 43.7 Å². The van der Waals surface area contributed by atoms with Gasteiger partial charge in [-0.2, -0.15) is 0 Å². The molecule has 1 aliphatic heterocycles. The molecule has 0 unspecified atom stereocenters. The van der Waals surface area contributed by atoms with E-state index in [0.717, 1.165) is 11.3 Å². The molecule has 0 saturated heterocycles. The predicted octanol–water partition coefficient (Wildman–Crippen LogP) is 5.05. The van der Waals surface area contributed by atoms with Crippen LogP contribution in [-0.2, 0) is 4.74 Å². The van der Waals surface area contributed by atoms with Gasteiger partial charge in [0.25, 0.3) is 5.91 Å². The maximum Gasteiger partial charge on any atom is 0.350 e. The summed E-state index contributed by atoms with van der Waals surface area (Å²) in [4.78, 5) is 46.1. The Bertz CT molecular complexity index is 1570. The summed E-state index contributed by atoms with van der Waals surface area (Å²) in [6, 6.07) is 13.1. The SMILES string of the molecule is C=CCOc1cccc([C@@H]2c3c(oc4ccccc4c3=O)C(=O)N2c2nc(C)c(C(=O)OCC)s2)c1. The third kappa shape index (κ3) is 3.87. The van der Waals surface area contributed by atoms with Crippen molar-refractivity contribution >= 4 is 39.3 Å². The van der Waals surface area contributed by atoms with Crippen molar-refractivity contribution in [2.75, 3.05) is 18.1 Å². The van der Waals surface area contributed by atoms with Crippen LogP contribution in [0, 0.1) is 6.92 Å². The quantitative estimate of drug-likeness (QED) is 0.258. The zero-order valence-corrected chi connectivity index (χ0v) is 20.5. The number of aromatic nitrogens is 1. The maximum atomic E-state index is 13.7. The molecule has 2 aromatic heterocycles. The number of aryl methyl sites for hydroxylation is 1. The van der Waals surface area contributed by atoms with E-state index in [1.807, 2.05) is 6.07 Å². The van der Waals surface area contributed by atoms with Gasteiger partial charge in [0.15, 0.2) is 10.6 Å². The van der Waals surface area contributed by atoms with Crippen LogP contribution in [0.5, 0.6) is 5.75 Å². The minimum atomic E-state index is -0.832. The van der Waals surface area contributed by atoms with E-state index >= 15 is 0 Å². The molecule has 0 spiro atoms. The molecule has 4 aromatic rings. The Labute approximate surface area is 210 Å². The minimum Gasteiger partial charge on any atom is -0.490 e. The topological polar surface area (TPSA) is 98.9 Å². The van der Waals surface area contributed by atoms with E-state index in [1.165, 1.54) is 4.90 Å². The molecule has 1 amide bonds. The van der Waals surface area contributed by atoms with Crippen LogP contribution in [-0.4, -0.2) is 30.1 Å². The molecule has 8 nitrogen and oxygen atoms in total. The molecule has 36 heavy (non-hydrogen) atoms. The summed E-state index contributed by atoms with van der Waals surface area (Å²) < 4.78 is 16.8. The third-order valence-electron chi connectivity index (χ3n) is 5.77. The Morgan fingerprint density at radius 3 is 2.81 bits per heavy atom. The molecule has 2 aromatic carbocycles. The number of thiazole rings is 1. The lowest BCUT2D eigenvalue weighted by molar-refractivity contribution is 0.0531. The molecule has 0 aliphatic carbocycles. The van der Waals surface area contributed by atoms with E-state index in [2.05, 4.69) is 11.6 Å². The summed E-state index contributed by atoms with van der Waals surface area (Å²) in [5.74, 6) is -0.522. The van der Waals surface area contributed by atoms with Crippen molar-refractivity contribution in [2.45, 2.75) is 19.9 Å². The molecular formula is C27H22N2O6S. The van der Waals surface area contributed by atoms with Gasteiger partial charge in [0.2, 0.25) is 5.76 Å². The lowest BCUT2D eigenvalue weighted by Crippen LogP contribution is -2.29. The lowest BCUT2D eigenvalue weighted by Gasteiger charge is -2.23. The molecule has 0 radical (unpaired) electrons. The van der Waals surface area contributed by atoms with Crippen LogP contribution in [0.25, 0.3) is 11.0 Å². The first-order valence-corrected chi connectivity index (χ1v) is 12.1. The van der Waals surface area contributed by atoms with Gasteiger partial charge in [-0.25, -0.2) is 9.78 Å². The normalized spacial score (nSPS) is 14.7. The number of esters is 1. The average Bonchev–Trinajstić information content (AvgIpc) is 3.40. The van der Waals surface area contributed by atoms with Crippen molar-refractivity contribution in [1.82, 2.24) is 4.98 Å². The Hall–Kier alpha value is -4.24. The Balaban J connectivity index is 1.72. The molecule has 3 heterocycles. The molecule has 182 valence electrons. The van der Waals surface area contributed by atoms with Gasteiger partial charge in [0.05, 0.1) is 29.3 Å². The molecule has 0 fully saturated rings. The molecule has 0 bridgehead atoms. The van der Waals surface area contributed by atoms with Crippen molar-refractivity contribution in [3.05, 3.63) is 98.9 Å². The lowest BCUT2D eigenvalue weighted by atomic mass is 9.98. The highest BCUT2D eigenvalue weighted by molar-refractivity contribution is 7.17. The van der Waals surface area contributed by atoms with Crippen LogP contribution >= 0.6 is 11.3 Å². The van der Waals surface area contributed by atoms with Crippen molar-refractivity contribution < 1.29 is 23.5 Å². The first-order chi connectivity index (χ1) is 17.4. The van der Waals surface area contributed by atoms with E-state index < -0.39 is 17.9 Å². The Morgan fingerprint density at radius 2 is 2.03 bits per heavy atom. The van der Waals surface area contributed by atoms with Crippen LogP contribution < -0.4 is 15.1 Å². The zero-order chi connectivity index (χ0) is 25.4. The molecule has 0 N–H and O–H groups in total. The number of para-hydroxylation sites is 1. The van der Waals surface area contributed by atoms with E-state index in [0.29, 0.717) is 39.5 Å². The summed E-state index contributed by atoms with van der Waals surface area (Å²) in [5, 5.41) is 0.635. The van der Waals surface area contributed by atoms with E-state index in [4.69, 9.17) is 13.9 Å². The summed E-state index contributed by atoms with van der Waals surface area (Å²) in [6.07, 6.45) is 1.63. The number of hydrogen-bond acceptors (Lipinski definition) is 8. The Kier molecular flexibility index (Phi) is 6.15. The summed E-state index contributed by atoms with van der Waals surface area (Å²) >= 11 is 1.04. The highest BCUT2D eigenvalue weighted by atomic mass is 32.1. The fourth-order valence-electron chi connectivity index (χ4n) is 4.23. The van der Waals surface area contributed by atoms with E-state index in [-0.39, 0.29) is 28.5 Å². The van der Waals surface area contributed by atoms with Crippen molar-refractivity contribution in [3.8, 4) is 5.75 Å². The zero-order valence-electron chi connectivity index (χ0n) is 19.6. The van der Waals surface area contributed by atoms with E-state index in [9.17, 15) is 14.4 Å². The molecule has 1 aliphatic rings. The number of amides is 1. The van der Waals surface area contributed by atoms with Gasteiger partial charge in [-0.3, -0.25) is 14.5 Å². The standard InChI is InChI=1S/C27H22N2O6S/c1-4-13-34-17-10-8-9-16(14-17)21-20-22(30)18-11-6-7-12-19(18)35-23(20)25(31)29(21)27-28-15(3)24(36-27)26(32)33-5-2/h4,6-12,14,21H,1,5,13H2,2-3H3/t21-/m1/s1. The van der Waals surface area contributed by atoms with Crippen LogP contribution in [0.4, 0.5) is 5.13 Å². The van der Waals surface area contributed by atoms with Crippen molar-refractivity contribution in [3.63, 3.8) is 0 Å². The molecular weight excluding hydrogens is 480 g/mol. The number of hydrogen-bond donors (Lipinski definition) is 0. The van der Waals surface area contributed by atoms with Crippen LogP contribution in [0.2, 0.25) is 0 Å². The number of ether oxygens (including phenoxy) is 2. The van der Waals surface area contributed by atoms with Gasteiger partial charge in [-0.15, -0.1) is 0 Å². The second kappa shape index (κ2) is 9.43. The third-order valence-corrected chi connectivity index (χ3v) is 6.91. The predicted molar refractivity (Wildman–Crippen MR) is 136 cm³/mol. The number of benzene rings is 2. The van der Waals surface area contributed by atoms with Crippen molar-refractivity contribution in [1.29, 1.82) is 0 Å². The molecule has 9 heteroatoms. The molecule has 0 saturated carbocycles. The smallest absolute Gasteiger partial charge is 0.350 e. The van der Waals surface area contributed by atoms with E-state index in [1.54, 1.807) is 62.4 Å². The van der Waals surface area contributed by atoms with Gasteiger partial charge in [0, 0.05) is 0 Å². The summed E-state index contributed by atoms with van der Waals surface area (Å²) in [5.41, 5.74) is 1.30. The minimum absolute atomic E-state index is 0.0494.